The second-order valence-corrected chi connectivity index (χ2v) is 8.10. The monoisotopic (exact) mass is 261 g/mol. The minimum absolute atomic E-state index is 0.170. The summed E-state index contributed by atoms with van der Waals surface area (Å²) in [5.41, 5.74) is 0. The largest absolute Gasteiger partial charge is 0.313 e. The minimum Gasteiger partial charge on any atom is -0.313 e. The van der Waals surface area contributed by atoms with Crippen LogP contribution < -0.4 is 5.32 Å². The molecule has 2 atom stereocenters. The quantitative estimate of drug-likeness (QED) is 0.774. The van der Waals surface area contributed by atoms with Crippen molar-refractivity contribution in [3.05, 3.63) is 0 Å². The van der Waals surface area contributed by atoms with Gasteiger partial charge in [0.05, 0.1) is 10.5 Å². The van der Waals surface area contributed by atoms with Gasteiger partial charge in [0.2, 0.25) is 0 Å². The van der Waals surface area contributed by atoms with Crippen molar-refractivity contribution in [2.24, 2.45) is 0 Å². The van der Waals surface area contributed by atoms with Crippen LogP contribution in [0.15, 0.2) is 0 Å². The lowest BCUT2D eigenvalue weighted by Gasteiger charge is -2.27. The summed E-state index contributed by atoms with van der Waals surface area (Å²) in [5.74, 6) is 0. The number of hydrogen-bond donors (Lipinski definition) is 1. The molecular formula is C13H27NO2S. The molecule has 1 fully saturated rings. The first kappa shape index (κ1) is 15.0. The summed E-state index contributed by atoms with van der Waals surface area (Å²) in [4.78, 5) is 0. The average molecular weight is 261 g/mol. The second-order valence-electron chi connectivity index (χ2n) is 5.37. The van der Waals surface area contributed by atoms with E-state index in [0.29, 0.717) is 0 Å². The predicted molar refractivity (Wildman–Crippen MR) is 73.0 cm³/mol. The molecule has 4 heteroatoms. The predicted octanol–water partition coefficient (Wildman–Crippen LogP) is 2.51. The van der Waals surface area contributed by atoms with E-state index < -0.39 is 9.84 Å². The molecule has 0 aromatic rings. The zero-order valence-electron chi connectivity index (χ0n) is 11.4. The standard InChI is InChI=1S/C13H27NO2S/c1-4-10-14-12-8-6-5-7-9-13(12)17(15,16)11(2)3/h11-14H,4-10H2,1-3H3. The van der Waals surface area contributed by atoms with Crippen molar-refractivity contribution in [3.63, 3.8) is 0 Å². The molecule has 2 unspecified atom stereocenters. The maximum atomic E-state index is 12.4. The van der Waals surface area contributed by atoms with Crippen LogP contribution in [0.3, 0.4) is 0 Å². The van der Waals surface area contributed by atoms with Crippen molar-refractivity contribution in [3.8, 4) is 0 Å². The Morgan fingerprint density at radius 1 is 1.18 bits per heavy atom. The SMILES string of the molecule is CCCNC1CCCCCC1S(=O)(=O)C(C)C. The normalized spacial score (nSPS) is 27.1. The average Bonchev–Trinajstić information content (AvgIpc) is 2.51. The third kappa shape index (κ3) is 3.95. The van der Waals surface area contributed by atoms with Crippen LogP contribution in [-0.4, -0.2) is 31.5 Å². The summed E-state index contributed by atoms with van der Waals surface area (Å²) in [6, 6.07) is 0.171. The van der Waals surface area contributed by atoms with E-state index in [9.17, 15) is 8.42 Å². The Morgan fingerprint density at radius 3 is 2.41 bits per heavy atom. The number of sulfone groups is 1. The fourth-order valence-corrected chi connectivity index (χ4v) is 4.46. The summed E-state index contributed by atoms with van der Waals surface area (Å²) in [5, 5.41) is 3.02. The van der Waals surface area contributed by atoms with E-state index in [2.05, 4.69) is 12.2 Å². The molecule has 0 bridgehead atoms. The Hall–Kier alpha value is -0.0900. The first-order valence-electron chi connectivity index (χ1n) is 6.96. The van der Waals surface area contributed by atoms with Gasteiger partial charge in [0.1, 0.15) is 0 Å². The fourth-order valence-electron chi connectivity index (χ4n) is 2.58. The number of rotatable bonds is 5. The van der Waals surface area contributed by atoms with Crippen molar-refractivity contribution in [2.75, 3.05) is 6.54 Å². The fraction of sp³-hybridized carbons (Fsp3) is 1.00. The lowest BCUT2D eigenvalue weighted by molar-refractivity contribution is 0.448. The van der Waals surface area contributed by atoms with E-state index in [1.807, 2.05) is 0 Å². The molecule has 0 radical (unpaired) electrons. The van der Waals surface area contributed by atoms with Gasteiger partial charge >= 0.3 is 0 Å². The van der Waals surface area contributed by atoms with E-state index in [-0.39, 0.29) is 16.5 Å². The van der Waals surface area contributed by atoms with E-state index in [4.69, 9.17) is 0 Å². The second kappa shape index (κ2) is 6.74. The van der Waals surface area contributed by atoms with E-state index in [1.54, 1.807) is 13.8 Å². The van der Waals surface area contributed by atoms with E-state index in [0.717, 1.165) is 38.6 Å². The molecule has 1 aliphatic rings. The van der Waals surface area contributed by atoms with Gasteiger partial charge in [-0.1, -0.05) is 26.2 Å². The Labute approximate surface area is 106 Å². The van der Waals surface area contributed by atoms with Crippen molar-refractivity contribution < 1.29 is 8.42 Å². The van der Waals surface area contributed by atoms with Gasteiger partial charge in [0.15, 0.2) is 9.84 Å². The third-order valence-electron chi connectivity index (χ3n) is 3.69. The highest BCUT2D eigenvalue weighted by Gasteiger charge is 2.35. The smallest absolute Gasteiger partial charge is 0.156 e. The van der Waals surface area contributed by atoms with Crippen LogP contribution in [0.2, 0.25) is 0 Å². The van der Waals surface area contributed by atoms with Crippen LogP contribution in [0.1, 0.15) is 59.3 Å². The van der Waals surface area contributed by atoms with Crippen LogP contribution >= 0.6 is 0 Å². The molecule has 0 saturated heterocycles. The van der Waals surface area contributed by atoms with Gasteiger partial charge in [-0.2, -0.15) is 0 Å². The van der Waals surface area contributed by atoms with Crippen molar-refractivity contribution in [1.29, 1.82) is 0 Å². The minimum atomic E-state index is -2.97. The maximum Gasteiger partial charge on any atom is 0.156 e. The molecule has 102 valence electrons. The molecule has 0 aliphatic heterocycles. The van der Waals surface area contributed by atoms with Gasteiger partial charge in [0.25, 0.3) is 0 Å². The molecule has 0 aromatic carbocycles. The Kier molecular flexibility index (Phi) is 5.93. The Balaban J connectivity index is 2.81. The lowest BCUT2D eigenvalue weighted by atomic mass is 10.1. The summed E-state index contributed by atoms with van der Waals surface area (Å²) in [6.07, 6.45) is 6.30. The molecule has 1 rings (SSSR count). The molecule has 0 amide bonds. The first-order valence-corrected chi connectivity index (χ1v) is 8.57. The molecule has 0 spiro atoms. The molecular weight excluding hydrogens is 234 g/mol. The van der Waals surface area contributed by atoms with Gasteiger partial charge < -0.3 is 5.32 Å². The van der Waals surface area contributed by atoms with Gasteiger partial charge in [0, 0.05) is 6.04 Å². The summed E-state index contributed by atoms with van der Waals surface area (Å²) >= 11 is 0. The molecule has 0 heterocycles. The lowest BCUT2D eigenvalue weighted by Crippen LogP contribution is -2.46. The zero-order chi connectivity index (χ0) is 12.9. The van der Waals surface area contributed by atoms with Gasteiger partial charge in [-0.25, -0.2) is 8.42 Å². The van der Waals surface area contributed by atoms with Crippen LogP contribution in [0.5, 0.6) is 0 Å². The summed E-state index contributed by atoms with van der Waals surface area (Å²) in [6.45, 7) is 6.65. The molecule has 3 nitrogen and oxygen atoms in total. The topological polar surface area (TPSA) is 46.2 Å². The summed E-state index contributed by atoms with van der Waals surface area (Å²) < 4.78 is 24.7. The zero-order valence-corrected chi connectivity index (χ0v) is 12.2. The highest BCUT2D eigenvalue weighted by atomic mass is 32.2. The molecule has 1 saturated carbocycles. The Bertz CT molecular complexity index is 311. The van der Waals surface area contributed by atoms with E-state index in [1.165, 1.54) is 6.42 Å². The number of nitrogens with one attached hydrogen (secondary N) is 1. The number of hydrogen-bond acceptors (Lipinski definition) is 3. The Morgan fingerprint density at radius 2 is 1.82 bits per heavy atom. The van der Waals surface area contributed by atoms with Gasteiger partial charge in [-0.05, 0) is 39.7 Å². The van der Waals surface area contributed by atoms with Crippen LogP contribution in [0.25, 0.3) is 0 Å². The molecule has 17 heavy (non-hydrogen) atoms. The van der Waals surface area contributed by atoms with Crippen molar-refractivity contribution in [2.45, 2.75) is 75.8 Å². The van der Waals surface area contributed by atoms with E-state index >= 15 is 0 Å². The summed E-state index contributed by atoms with van der Waals surface area (Å²) in [7, 11) is -2.97. The highest BCUT2D eigenvalue weighted by Crippen LogP contribution is 2.26. The van der Waals surface area contributed by atoms with Gasteiger partial charge in [-0.3, -0.25) is 0 Å². The molecule has 1 N–H and O–H groups in total. The van der Waals surface area contributed by atoms with Gasteiger partial charge in [-0.15, -0.1) is 0 Å². The molecule has 1 aliphatic carbocycles. The third-order valence-corrected chi connectivity index (χ3v) is 6.41. The first-order chi connectivity index (χ1) is 8.00. The van der Waals surface area contributed by atoms with Crippen LogP contribution in [-0.2, 0) is 9.84 Å². The van der Waals surface area contributed by atoms with Crippen LogP contribution in [0, 0.1) is 0 Å². The van der Waals surface area contributed by atoms with Crippen molar-refractivity contribution in [1.82, 2.24) is 5.32 Å². The van der Waals surface area contributed by atoms with Crippen LogP contribution in [0.4, 0.5) is 0 Å². The molecule has 0 aromatic heterocycles. The highest BCUT2D eigenvalue weighted by molar-refractivity contribution is 7.92. The maximum absolute atomic E-state index is 12.4. The van der Waals surface area contributed by atoms with Crippen molar-refractivity contribution >= 4 is 9.84 Å².